The van der Waals surface area contributed by atoms with E-state index in [9.17, 15) is 10.1 Å². The summed E-state index contributed by atoms with van der Waals surface area (Å²) >= 11 is 0. The molecule has 0 radical (unpaired) electrons. The van der Waals surface area contributed by atoms with Crippen molar-refractivity contribution in [3.63, 3.8) is 0 Å². The van der Waals surface area contributed by atoms with Crippen LogP contribution in [0.4, 0.5) is 0 Å². The fourth-order valence-electron chi connectivity index (χ4n) is 1.76. The average molecular weight is 235 g/mol. The molecule has 1 unspecified atom stereocenters. The maximum Gasteiger partial charge on any atom is 0.304 e. The SMILES string of the molecule is CCCN(CCC(=O)O)C(C#N)c1ccc[nH]1. The molecule has 1 aromatic rings. The number of aliphatic carboxylic acids is 1. The molecule has 0 spiro atoms. The Hall–Kier alpha value is -1.80. The molecule has 1 heterocycles. The first-order valence-electron chi connectivity index (χ1n) is 5.67. The van der Waals surface area contributed by atoms with E-state index >= 15 is 0 Å². The van der Waals surface area contributed by atoms with Gasteiger partial charge in [0.15, 0.2) is 0 Å². The molecule has 0 fully saturated rings. The zero-order valence-electron chi connectivity index (χ0n) is 9.89. The number of carbonyl (C=O) groups is 1. The monoisotopic (exact) mass is 235 g/mol. The van der Waals surface area contributed by atoms with Crippen molar-refractivity contribution in [3.05, 3.63) is 24.0 Å². The van der Waals surface area contributed by atoms with Crippen LogP contribution < -0.4 is 0 Å². The molecule has 5 heteroatoms. The summed E-state index contributed by atoms with van der Waals surface area (Å²) in [6.07, 6.45) is 2.71. The maximum absolute atomic E-state index is 10.6. The Morgan fingerprint density at radius 1 is 1.65 bits per heavy atom. The Kier molecular flexibility index (Phi) is 5.24. The number of hydrogen-bond acceptors (Lipinski definition) is 3. The van der Waals surface area contributed by atoms with Gasteiger partial charge in [-0.25, -0.2) is 0 Å². The van der Waals surface area contributed by atoms with Crippen molar-refractivity contribution in [2.45, 2.75) is 25.8 Å². The second-order valence-corrected chi connectivity index (χ2v) is 3.84. The molecule has 92 valence electrons. The molecule has 17 heavy (non-hydrogen) atoms. The molecule has 0 aliphatic rings. The van der Waals surface area contributed by atoms with E-state index < -0.39 is 12.0 Å². The first-order chi connectivity index (χ1) is 8.19. The Morgan fingerprint density at radius 2 is 2.41 bits per heavy atom. The minimum absolute atomic E-state index is 0.0545. The molecule has 0 bridgehead atoms. The first kappa shape index (κ1) is 13.3. The van der Waals surface area contributed by atoms with Crippen LogP contribution in [-0.2, 0) is 4.79 Å². The quantitative estimate of drug-likeness (QED) is 0.754. The number of rotatable bonds is 7. The van der Waals surface area contributed by atoms with E-state index in [0.29, 0.717) is 13.1 Å². The summed E-state index contributed by atoms with van der Waals surface area (Å²) < 4.78 is 0. The van der Waals surface area contributed by atoms with E-state index in [1.54, 1.807) is 6.20 Å². The van der Waals surface area contributed by atoms with Gasteiger partial charge in [0.2, 0.25) is 0 Å². The normalized spacial score (nSPS) is 12.3. The minimum Gasteiger partial charge on any atom is -0.481 e. The summed E-state index contributed by atoms with van der Waals surface area (Å²) in [6.45, 7) is 3.11. The lowest BCUT2D eigenvalue weighted by Crippen LogP contribution is -2.31. The van der Waals surface area contributed by atoms with Crippen LogP contribution in [0, 0.1) is 11.3 Å². The van der Waals surface area contributed by atoms with Crippen LogP contribution in [0.3, 0.4) is 0 Å². The van der Waals surface area contributed by atoms with Crippen LogP contribution in [0.5, 0.6) is 0 Å². The van der Waals surface area contributed by atoms with E-state index in [4.69, 9.17) is 5.11 Å². The lowest BCUT2D eigenvalue weighted by atomic mass is 10.1. The average Bonchev–Trinajstić information content (AvgIpc) is 2.80. The van der Waals surface area contributed by atoms with Crippen LogP contribution in [0.15, 0.2) is 18.3 Å². The van der Waals surface area contributed by atoms with Gasteiger partial charge in [-0.2, -0.15) is 5.26 Å². The largest absolute Gasteiger partial charge is 0.481 e. The van der Waals surface area contributed by atoms with Crippen LogP contribution in [0.25, 0.3) is 0 Å². The summed E-state index contributed by atoms with van der Waals surface area (Å²) in [4.78, 5) is 15.5. The van der Waals surface area contributed by atoms with Gasteiger partial charge in [0, 0.05) is 18.4 Å². The third-order valence-corrected chi connectivity index (χ3v) is 2.53. The molecule has 0 saturated carbocycles. The van der Waals surface area contributed by atoms with Crippen LogP contribution in [-0.4, -0.2) is 34.0 Å². The Balaban J connectivity index is 2.73. The third-order valence-electron chi connectivity index (χ3n) is 2.53. The van der Waals surface area contributed by atoms with Gasteiger partial charge in [0.1, 0.15) is 6.04 Å². The van der Waals surface area contributed by atoms with Crippen LogP contribution >= 0.6 is 0 Å². The fraction of sp³-hybridized carbons (Fsp3) is 0.500. The second-order valence-electron chi connectivity index (χ2n) is 3.84. The summed E-state index contributed by atoms with van der Waals surface area (Å²) in [5.41, 5.74) is 0.811. The van der Waals surface area contributed by atoms with Gasteiger partial charge in [-0.3, -0.25) is 9.69 Å². The van der Waals surface area contributed by atoms with Crippen molar-refractivity contribution in [2.24, 2.45) is 0 Å². The molecule has 0 aromatic carbocycles. The number of hydrogen-bond donors (Lipinski definition) is 2. The number of nitriles is 1. The van der Waals surface area contributed by atoms with Crippen molar-refractivity contribution in [1.82, 2.24) is 9.88 Å². The molecular formula is C12H17N3O2. The molecule has 1 atom stereocenters. The van der Waals surface area contributed by atoms with Crippen molar-refractivity contribution < 1.29 is 9.90 Å². The molecule has 5 nitrogen and oxygen atoms in total. The lowest BCUT2D eigenvalue weighted by Gasteiger charge is -2.25. The van der Waals surface area contributed by atoms with Crippen LogP contribution in [0.2, 0.25) is 0 Å². The van der Waals surface area contributed by atoms with E-state index in [1.807, 2.05) is 24.0 Å². The summed E-state index contributed by atoms with van der Waals surface area (Å²) in [5, 5.41) is 17.9. The number of carboxylic acids is 1. The lowest BCUT2D eigenvalue weighted by molar-refractivity contribution is -0.137. The van der Waals surface area contributed by atoms with Gasteiger partial charge in [0.05, 0.1) is 12.5 Å². The van der Waals surface area contributed by atoms with Gasteiger partial charge < -0.3 is 10.1 Å². The Labute approximate surface area is 101 Å². The summed E-state index contributed by atoms with van der Waals surface area (Å²) in [6, 6.07) is 5.49. The molecule has 2 N–H and O–H groups in total. The molecule has 0 amide bonds. The third kappa shape index (κ3) is 3.93. The highest BCUT2D eigenvalue weighted by Gasteiger charge is 2.20. The van der Waals surface area contributed by atoms with E-state index in [0.717, 1.165) is 12.1 Å². The van der Waals surface area contributed by atoms with Gasteiger partial charge in [-0.05, 0) is 25.1 Å². The second kappa shape index (κ2) is 6.71. The predicted octanol–water partition coefficient (Wildman–Crippen LogP) is 1.77. The zero-order chi connectivity index (χ0) is 12.7. The van der Waals surface area contributed by atoms with Crippen molar-refractivity contribution in [2.75, 3.05) is 13.1 Å². The fourth-order valence-corrected chi connectivity index (χ4v) is 1.76. The van der Waals surface area contributed by atoms with Gasteiger partial charge in [0.25, 0.3) is 0 Å². The number of nitrogens with one attached hydrogen (secondary N) is 1. The van der Waals surface area contributed by atoms with Gasteiger partial charge in [-0.1, -0.05) is 6.92 Å². The highest BCUT2D eigenvalue weighted by molar-refractivity contribution is 5.66. The van der Waals surface area contributed by atoms with Gasteiger partial charge >= 0.3 is 5.97 Å². The molecule has 1 rings (SSSR count). The molecule has 0 aliphatic carbocycles. The Bertz CT molecular complexity index is 381. The van der Waals surface area contributed by atoms with E-state index in [2.05, 4.69) is 11.1 Å². The van der Waals surface area contributed by atoms with E-state index in [1.165, 1.54) is 0 Å². The number of H-pyrrole nitrogens is 1. The Morgan fingerprint density at radius 3 is 2.88 bits per heavy atom. The highest BCUT2D eigenvalue weighted by Crippen LogP contribution is 2.18. The number of nitrogens with zero attached hydrogens (tertiary/aromatic N) is 2. The summed E-state index contributed by atoms with van der Waals surface area (Å²) in [7, 11) is 0. The van der Waals surface area contributed by atoms with Crippen molar-refractivity contribution in [3.8, 4) is 6.07 Å². The van der Waals surface area contributed by atoms with Crippen LogP contribution in [0.1, 0.15) is 31.5 Å². The topological polar surface area (TPSA) is 80.1 Å². The standard InChI is InChI=1S/C12H17N3O2/c1-2-7-15(8-5-12(16)17)11(9-13)10-4-3-6-14-10/h3-4,6,11,14H,2,5,7-8H2,1H3,(H,16,17). The molecule has 0 aliphatic heterocycles. The number of aromatic nitrogens is 1. The van der Waals surface area contributed by atoms with Crippen molar-refractivity contribution >= 4 is 5.97 Å². The minimum atomic E-state index is -0.839. The molecular weight excluding hydrogens is 218 g/mol. The predicted molar refractivity (Wildman–Crippen MR) is 63.3 cm³/mol. The molecule has 1 aromatic heterocycles. The smallest absolute Gasteiger partial charge is 0.304 e. The maximum atomic E-state index is 10.6. The van der Waals surface area contributed by atoms with E-state index in [-0.39, 0.29) is 6.42 Å². The summed E-state index contributed by atoms with van der Waals surface area (Å²) in [5.74, 6) is -0.839. The molecule has 0 saturated heterocycles. The highest BCUT2D eigenvalue weighted by atomic mass is 16.4. The first-order valence-corrected chi connectivity index (χ1v) is 5.67. The zero-order valence-corrected chi connectivity index (χ0v) is 9.89. The van der Waals surface area contributed by atoms with Gasteiger partial charge in [-0.15, -0.1) is 0 Å². The van der Waals surface area contributed by atoms with Crippen molar-refractivity contribution in [1.29, 1.82) is 5.26 Å². The number of aromatic amines is 1. The number of carboxylic acid groups (broad SMARTS) is 1.